The van der Waals surface area contributed by atoms with Crippen LogP contribution >= 0.6 is 0 Å². The van der Waals surface area contributed by atoms with E-state index in [4.69, 9.17) is 0 Å². The highest BCUT2D eigenvalue weighted by Gasteiger charge is 2.46. The van der Waals surface area contributed by atoms with E-state index in [-0.39, 0.29) is 5.69 Å². The van der Waals surface area contributed by atoms with Gasteiger partial charge in [-0.2, -0.15) is 26.3 Å². The Labute approximate surface area is 172 Å². The molecule has 0 radical (unpaired) electrons. The molecule has 0 bridgehead atoms. The van der Waals surface area contributed by atoms with Crippen molar-refractivity contribution in [1.82, 2.24) is 0 Å². The predicted octanol–water partition coefficient (Wildman–Crippen LogP) is 4.23. The Morgan fingerprint density at radius 1 is 0.968 bits per heavy atom. The van der Waals surface area contributed by atoms with E-state index in [1.807, 2.05) is 0 Å². The van der Waals surface area contributed by atoms with Crippen LogP contribution in [0.4, 0.5) is 32.0 Å². The number of hydrogen-bond donors (Lipinski definition) is 1. The zero-order valence-corrected chi connectivity index (χ0v) is 16.3. The summed E-state index contributed by atoms with van der Waals surface area (Å²) >= 11 is 0. The average Bonchev–Trinajstić information content (AvgIpc) is 3.13. The summed E-state index contributed by atoms with van der Waals surface area (Å²) in [5.41, 5.74) is -2.65. The highest BCUT2D eigenvalue weighted by molar-refractivity contribution is 7.92. The molecule has 0 saturated carbocycles. The van der Waals surface area contributed by atoms with Crippen LogP contribution in [0, 0.1) is 0 Å². The van der Waals surface area contributed by atoms with Crippen molar-refractivity contribution in [2.45, 2.75) is 35.0 Å². The molecule has 168 valence electrons. The first kappa shape index (κ1) is 22.9. The maximum atomic E-state index is 13.3. The summed E-state index contributed by atoms with van der Waals surface area (Å²) in [6, 6.07) is 5.64. The van der Waals surface area contributed by atoms with Crippen molar-refractivity contribution < 1.29 is 44.7 Å². The maximum absolute atomic E-state index is 13.3. The number of sulfone groups is 1. The van der Waals surface area contributed by atoms with Crippen molar-refractivity contribution in [3.8, 4) is 0 Å². The first-order chi connectivity index (χ1) is 14.2. The largest absolute Gasteiger partial charge is 0.480 e. The summed E-state index contributed by atoms with van der Waals surface area (Å²) in [5.74, 6) is -1.50. The van der Waals surface area contributed by atoms with Crippen LogP contribution in [0.2, 0.25) is 0 Å². The van der Waals surface area contributed by atoms with Gasteiger partial charge in [-0.25, -0.2) is 13.2 Å². The van der Waals surface area contributed by atoms with Crippen molar-refractivity contribution in [2.24, 2.45) is 0 Å². The Bertz CT molecular complexity index is 1100. The molecule has 0 aliphatic carbocycles. The van der Waals surface area contributed by atoms with E-state index in [0.717, 1.165) is 35.2 Å². The second-order valence-corrected chi connectivity index (χ2v) is 9.15. The lowest BCUT2D eigenvalue weighted by Crippen LogP contribution is -2.36. The fraction of sp³-hybridized carbons (Fsp3) is 0.316. The number of halogens is 6. The molecule has 31 heavy (non-hydrogen) atoms. The van der Waals surface area contributed by atoms with Crippen LogP contribution in [0.5, 0.6) is 0 Å². The minimum Gasteiger partial charge on any atom is -0.480 e. The molecule has 1 aliphatic heterocycles. The van der Waals surface area contributed by atoms with Crippen molar-refractivity contribution in [1.29, 1.82) is 0 Å². The van der Waals surface area contributed by atoms with E-state index in [9.17, 15) is 44.7 Å². The van der Waals surface area contributed by atoms with Crippen LogP contribution in [0.1, 0.15) is 17.5 Å². The number of nitrogens with zero attached hydrogens (tertiary/aromatic N) is 1. The van der Waals surface area contributed by atoms with E-state index in [1.54, 1.807) is 0 Å². The van der Waals surface area contributed by atoms with Gasteiger partial charge < -0.3 is 10.0 Å². The van der Waals surface area contributed by atoms with Crippen LogP contribution < -0.4 is 4.90 Å². The summed E-state index contributed by atoms with van der Waals surface area (Å²) < 4.78 is 105. The summed E-state index contributed by atoms with van der Waals surface area (Å²) in [6.45, 7) is -0.577. The van der Waals surface area contributed by atoms with Crippen molar-refractivity contribution in [3.05, 3.63) is 59.7 Å². The minimum absolute atomic E-state index is 0.191. The number of alkyl halides is 6. The van der Waals surface area contributed by atoms with Gasteiger partial charge in [0.15, 0.2) is 9.84 Å². The predicted molar refractivity (Wildman–Crippen MR) is 97.2 cm³/mol. The molecule has 1 fully saturated rings. The number of benzene rings is 2. The summed E-state index contributed by atoms with van der Waals surface area (Å²) in [7, 11) is -4.65. The van der Waals surface area contributed by atoms with Gasteiger partial charge in [0, 0.05) is 12.2 Å². The third-order valence-electron chi connectivity index (χ3n) is 4.99. The van der Waals surface area contributed by atoms with Gasteiger partial charge in [0.2, 0.25) is 0 Å². The molecule has 2 atom stereocenters. The van der Waals surface area contributed by atoms with Gasteiger partial charge in [0.05, 0.1) is 21.3 Å². The molecule has 3 rings (SSSR count). The molecule has 1 N–H and O–H groups in total. The van der Waals surface area contributed by atoms with Gasteiger partial charge in [0.1, 0.15) is 6.04 Å². The molecule has 12 heteroatoms. The van der Waals surface area contributed by atoms with Gasteiger partial charge in [-0.15, -0.1) is 0 Å². The zero-order valence-electron chi connectivity index (χ0n) is 15.5. The second kappa shape index (κ2) is 7.74. The molecular formula is C19H15F6NO4S. The molecular weight excluding hydrogens is 452 g/mol. The second-order valence-electron chi connectivity index (χ2n) is 6.95. The molecule has 5 nitrogen and oxygen atoms in total. The molecule has 0 aromatic heterocycles. The first-order valence-corrected chi connectivity index (χ1v) is 10.3. The van der Waals surface area contributed by atoms with E-state index in [0.29, 0.717) is 12.1 Å². The van der Waals surface area contributed by atoms with Crippen molar-refractivity contribution >= 4 is 21.5 Å². The minimum atomic E-state index is -4.96. The van der Waals surface area contributed by atoms with E-state index in [2.05, 4.69) is 0 Å². The third-order valence-corrected chi connectivity index (χ3v) is 7.18. The standard InChI is InChI=1S/C19H15F6NO4S/c20-18(21,22)11-4-3-5-12(8-11)26-10-13(9-15(26)17(27)28)31(29,30)16-7-2-1-6-14(16)19(23,24)25/h1-8,13,15H,9-10H2,(H,27,28). The highest BCUT2D eigenvalue weighted by atomic mass is 32.2. The molecule has 0 spiro atoms. The Morgan fingerprint density at radius 3 is 2.19 bits per heavy atom. The number of carboxylic acid groups (broad SMARTS) is 1. The molecule has 1 aliphatic rings. The van der Waals surface area contributed by atoms with Gasteiger partial charge >= 0.3 is 18.3 Å². The van der Waals surface area contributed by atoms with Gasteiger partial charge in [-0.3, -0.25) is 0 Å². The van der Waals surface area contributed by atoms with Crippen LogP contribution in [0.15, 0.2) is 53.4 Å². The summed E-state index contributed by atoms with van der Waals surface area (Å²) in [5, 5.41) is 7.91. The topological polar surface area (TPSA) is 74.7 Å². The number of aliphatic carboxylic acids is 1. The Morgan fingerprint density at radius 2 is 1.61 bits per heavy atom. The first-order valence-electron chi connectivity index (χ1n) is 8.79. The van der Waals surface area contributed by atoms with E-state index >= 15 is 0 Å². The average molecular weight is 467 g/mol. The lowest BCUT2D eigenvalue weighted by atomic mass is 10.1. The molecule has 2 unspecified atom stereocenters. The zero-order chi connectivity index (χ0) is 23.2. The Hall–Kier alpha value is -2.76. The maximum Gasteiger partial charge on any atom is 0.417 e. The Balaban J connectivity index is 2.02. The van der Waals surface area contributed by atoms with Crippen LogP contribution in [0.25, 0.3) is 0 Å². The normalized spacial score (nSPS) is 20.1. The van der Waals surface area contributed by atoms with E-state index in [1.165, 1.54) is 6.07 Å². The number of hydrogen-bond acceptors (Lipinski definition) is 4. The number of carbonyl (C=O) groups is 1. The third kappa shape index (κ3) is 4.48. The number of anilines is 1. The van der Waals surface area contributed by atoms with Crippen molar-refractivity contribution in [3.63, 3.8) is 0 Å². The monoisotopic (exact) mass is 467 g/mol. The fourth-order valence-electron chi connectivity index (χ4n) is 3.53. The van der Waals surface area contributed by atoms with Crippen LogP contribution in [0.3, 0.4) is 0 Å². The molecule has 2 aromatic rings. The van der Waals surface area contributed by atoms with Gasteiger partial charge in [0.25, 0.3) is 0 Å². The van der Waals surface area contributed by atoms with E-state index < -0.39 is 68.4 Å². The molecule has 2 aromatic carbocycles. The SMILES string of the molecule is O=C(O)C1CC(S(=O)(=O)c2ccccc2C(F)(F)F)CN1c1cccc(C(F)(F)F)c1. The summed E-state index contributed by atoms with van der Waals surface area (Å²) in [4.78, 5) is 11.6. The van der Waals surface area contributed by atoms with Crippen LogP contribution in [-0.4, -0.2) is 37.3 Å². The smallest absolute Gasteiger partial charge is 0.417 e. The van der Waals surface area contributed by atoms with Gasteiger partial charge in [-0.1, -0.05) is 18.2 Å². The highest BCUT2D eigenvalue weighted by Crippen LogP contribution is 2.39. The number of carboxylic acids is 1. The fourth-order valence-corrected chi connectivity index (χ4v) is 5.44. The Kier molecular flexibility index (Phi) is 5.72. The molecule has 0 amide bonds. The molecule has 1 heterocycles. The van der Waals surface area contributed by atoms with Gasteiger partial charge in [-0.05, 0) is 36.8 Å². The lowest BCUT2D eigenvalue weighted by Gasteiger charge is -2.24. The van der Waals surface area contributed by atoms with Crippen LogP contribution in [-0.2, 0) is 27.0 Å². The quantitative estimate of drug-likeness (QED) is 0.682. The van der Waals surface area contributed by atoms with Crippen molar-refractivity contribution in [2.75, 3.05) is 11.4 Å². The lowest BCUT2D eigenvalue weighted by molar-refractivity contribution is -0.140. The summed E-state index contributed by atoms with van der Waals surface area (Å²) in [6.07, 6.45) is -10.3. The number of rotatable bonds is 4. The molecule has 1 saturated heterocycles.